The zero-order valence-electron chi connectivity index (χ0n) is 20.5. The third-order valence-electron chi connectivity index (χ3n) is 7.43. The number of fused-ring (bicyclic) bond motifs is 5. The SMILES string of the molecule is C=S(NC(=O)c1ccc2c(C3CCCCC3)c3n(c2c1)CCCc1cc(OC)ccc1-3)N(C)C. The molecular formula is C28H35N3O2S. The number of hydrogen-bond donors (Lipinski definition) is 1. The van der Waals surface area contributed by atoms with Crippen LogP contribution >= 0.6 is 10.9 Å². The topological polar surface area (TPSA) is 46.5 Å². The maximum Gasteiger partial charge on any atom is 0.261 e. The molecule has 1 aliphatic carbocycles. The highest BCUT2D eigenvalue weighted by atomic mass is 32.2. The van der Waals surface area contributed by atoms with Gasteiger partial charge in [-0.25, -0.2) is 4.31 Å². The summed E-state index contributed by atoms with van der Waals surface area (Å²) in [5.41, 5.74) is 7.42. The monoisotopic (exact) mass is 477 g/mol. The van der Waals surface area contributed by atoms with E-state index in [1.807, 2.05) is 24.5 Å². The van der Waals surface area contributed by atoms with Gasteiger partial charge in [-0.3, -0.25) is 9.52 Å². The van der Waals surface area contributed by atoms with E-state index in [0.29, 0.717) is 11.5 Å². The van der Waals surface area contributed by atoms with E-state index >= 15 is 0 Å². The number of rotatable bonds is 5. The van der Waals surface area contributed by atoms with Crippen LogP contribution in [0.4, 0.5) is 0 Å². The molecule has 5 rings (SSSR count). The molecule has 34 heavy (non-hydrogen) atoms. The Morgan fingerprint density at radius 1 is 1.12 bits per heavy atom. The highest BCUT2D eigenvalue weighted by Gasteiger charge is 2.29. The van der Waals surface area contributed by atoms with E-state index in [4.69, 9.17) is 4.74 Å². The second kappa shape index (κ2) is 9.59. The summed E-state index contributed by atoms with van der Waals surface area (Å²) in [6, 6.07) is 12.8. The quantitative estimate of drug-likeness (QED) is 0.450. The van der Waals surface area contributed by atoms with Crippen molar-refractivity contribution < 1.29 is 9.53 Å². The molecule has 0 spiro atoms. The molecule has 0 radical (unpaired) electrons. The average Bonchev–Trinajstić information content (AvgIpc) is 3.05. The molecule has 1 aliphatic heterocycles. The lowest BCUT2D eigenvalue weighted by Gasteiger charge is -2.24. The van der Waals surface area contributed by atoms with Crippen molar-refractivity contribution in [2.45, 2.75) is 57.4 Å². The molecule has 6 heteroatoms. The maximum absolute atomic E-state index is 13.0. The number of ether oxygens (including phenoxy) is 1. The van der Waals surface area contributed by atoms with Gasteiger partial charge in [0.2, 0.25) is 0 Å². The fraction of sp³-hybridized carbons (Fsp3) is 0.429. The summed E-state index contributed by atoms with van der Waals surface area (Å²) >= 11 is 0. The number of benzene rings is 2. The summed E-state index contributed by atoms with van der Waals surface area (Å²) in [7, 11) is 5.03. The number of aryl methyl sites for hydroxylation is 2. The van der Waals surface area contributed by atoms with E-state index in [2.05, 4.69) is 45.5 Å². The first kappa shape index (κ1) is 23.2. The van der Waals surface area contributed by atoms with Gasteiger partial charge >= 0.3 is 0 Å². The Morgan fingerprint density at radius 2 is 1.91 bits per heavy atom. The van der Waals surface area contributed by atoms with Gasteiger partial charge in [0.15, 0.2) is 0 Å². The predicted octanol–water partition coefficient (Wildman–Crippen LogP) is 6.13. The number of carbonyl (C=O) groups is 1. The van der Waals surface area contributed by atoms with Crippen molar-refractivity contribution in [3.8, 4) is 17.0 Å². The van der Waals surface area contributed by atoms with Crippen molar-refractivity contribution >= 4 is 33.5 Å². The summed E-state index contributed by atoms with van der Waals surface area (Å²) in [5, 5.41) is 1.31. The molecular weight excluding hydrogens is 442 g/mol. The molecule has 2 aliphatic rings. The molecule has 1 atom stereocenters. The lowest BCUT2D eigenvalue weighted by molar-refractivity contribution is 0.0983. The number of hydrogen-bond acceptors (Lipinski definition) is 3. The highest BCUT2D eigenvalue weighted by Crippen LogP contribution is 2.46. The molecule has 1 saturated carbocycles. The van der Waals surface area contributed by atoms with Crippen molar-refractivity contribution in [3.63, 3.8) is 0 Å². The van der Waals surface area contributed by atoms with Crippen LogP contribution in [-0.2, 0) is 13.0 Å². The summed E-state index contributed by atoms with van der Waals surface area (Å²) in [6.45, 7) is 0.956. The third kappa shape index (κ3) is 4.18. The van der Waals surface area contributed by atoms with Crippen LogP contribution in [0.1, 0.15) is 65.9 Å². The summed E-state index contributed by atoms with van der Waals surface area (Å²) in [6.07, 6.45) is 8.52. The first-order valence-electron chi connectivity index (χ1n) is 12.3. The molecule has 1 aromatic heterocycles. The van der Waals surface area contributed by atoms with Crippen LogP contribution in [0.5, 0.6) is 5.75 Å². The number of amides is 1. The van der Waals surface area contributed by atoms with Gasteiger partial charge in [0.05, 0.1) is 12.8 Å². The number of methoxy groups -OCH3 is 1. The minimum atomic E-state index is -0.557. The molecule has 2 aromatic carbocycles. The summed E-state index contributed by atoms with van der Waals surface area (Å²) in [5.74, 6) is 5.48. The van der Waals surface area contributed by atoms with Crippen LogP contribution in [0.25, 0.3) is 22.2 Å². The first-order valence-corrected chi connectivity index (χ1v) is 13.7. The van der Waals surface area contributed by atoms with Crippen LogP contribution in [0.2, 0.25) is 0 Å². The molecule has 1 N–H and O–H groups in total. The van der Waals surface area contributed by atoms with Crippen molar-refractivity contribution in [2.75, 3.05) is 21.2 Å². The standard InChI is InChI=1S/C28H35N3O2S/c1-30(2)34(4)29-28(32)21-12-14-24-25(18-21)31-16-8-11-20-17-22(33-3)13-15-23(20)27(31)26(24)19-9-6-5-7-10-19/h12-15,17-19H,4-11,16H2,1-3H3,(H,29,32). The normalized spacial score (nSPS) is 17.2. The van der Waals surface area contributed by atoms with Gasteiger partial charge in [-0.05, 0) is 104 Å². The van der Waals surface area contributed by atoms with Gasteiger partial charge in [0.25, 0.3) is 5.91 Å². The second-order valence-electron chi connectivity index (χ2n) is 9.72. The third-order valence-corrected chi connectivity index (χ3v) is 8.73. The van der Waals surface area contributed by atoms with Crippen molar-refractivity contribution in [1.29, 1.82) is 0 Å². The van der Waals surface area contributed by atoms with Crippen molar-refractivity contribution in [2.24, 2.45) is 0 Å². The molecule has 180 valence electrons. The van der Waals surface area contributed by atoms with Crippen molar-refractivity contribution in [1.82, 2.24) is 13.6 Å². The maximum atomic E-state index is 13.0. The minimum absolute atomic E-state index is 0.0672. The van der Waals surface area contributed by atoms with Gasteiger partial charge < -0.3 is 9.30 Å². The largest absolute Gasteiger partial charge is 0.497 e. The van der Waals surface area contributed by atoms with Crippen LogP contribution < -0.4 is 9.46 Å². The highest BCUT2D eigenvalue weighted by molar-refractivity contribution is 8.10. The summed E-state index contributed by atoms with van der Waals surface area (Å²) < 4.78 is 13.0. The fourth-order valence-electron chi connectivity index (χ4n) is 5.66. The van der Waals surface area contributed by atoms with Gasteiger partial charge in [0, 0.05) is 28.6 Å². The lowest BCUT2D eigenvalue weighted by Crippen LogP contribution is -2.23. The van der Waals surface area contributed by atoms with Gasteiger partial charge in [-0.2, -0.15) is 0 Å². The smallest absolute Gasteiger partial charge is 0.261 e. The van der Waals surface area contributed by atoms with Crippen molar-refractivity contribution in [3.05, 3.63) is 53.1 Å². The lowest BCUT2D eigenvalue weighted by atomic mass is 9.81. The van der Waals surface area contributed by atoms with Crippen LogP contribution in [0.3, 0.4) is 0 Å². The Balaban J connectivity index is 1.69. The van der Waals surface area contributed by atoms with Crippen LogP contribution in [-0.4, -0.2) is 41.9 Å². The van der Waals surface area contributed by atoms with E-state index in [9.17, 15) is 4.79 Å². The number of nitrogens with zero attached hydrogens (tertiary/aromatic N) is 2. The average molecular weight is 478 g/mol. The minimum Gasteiger partial charge on any atom is -0.497 e. The van der Waals surface area contributed by atoms with E-state index < -0.39 is 10.9 Å². The van der Waals surface area contributed by atoms with E-state index in [-0.39, 0.29) is 5.91 Å². The Morgan fingerprint density at radius 3 is 2.65 bits per heavy atom. The molecule has 0 saturated heterocycles. The number of carbonyl (C=O) groups excluding carboxylic acids is 1. The molecule has 1 fully saturated rings. The molecule has 1 amide bonds. The molecule has 5 nitrogen and oxygen atoms in total. The van der Waals surface area contributed by atoms with Crippen LogP contribution in [0.15, 0.2) is 36.4 Å². The summed E-state index contributed by atoms with van der Waals surface area (Å²) in [4.78, 5) is 13.0. The Hall–Kier alpha value is -2.57. The molecule has 2 heterocycles. The number of aromatic nitrogens is 1. The Bertz CT molecular complexity index is 1250. The zero-order chi connectivity index (χ0) is 23.8. The Kier molecular flexibility index (Phi) is 6.54. The second-order valence-corrected chi connectivity index (χ2v) is 11.4. The van der Waals surface area contributed by atoms with E-state index in [1.54, 1.807) is 7.11 Å². The molecule has 3 aromatic rings. The molecule has 0 bridgehead atoms. The van der Waals surface area contributed by atoms with Gasteiger partial charge in [0.1, 0.15) is 5.75 Å². The molecule has 1 unspecified atom stereocenters. The van der Waals surface area contributed by atoms with Crippen LogP contribution in [0, 0.1) is 0 Å². The number of nitrogens with one attached hydrogen (secondary N) is 1. The van der Waals surface area contributed by atoms with E-state index in [1.165, 1.54) is 65.4 Å². The van der Waals surface area contributed by atoms with Gasteiger partial charge in [-0.1, -0.05) is 25.3 Å². The Labute approximate surface area is 205 Å². The first-order chi connectivity index (χ1) is 16.5. The zero-order valence-corrected chi connectivity index (χ0v) is 21.3. The predicted molar refractivity (Wildman–Crippen MR) is 144 cm³/mol. The van der Waals surface area contributed by atoms with Gasteiger partial charge in [-0.15, -0.1) is 0 Å². The van der Waals surface area contributed by atoms with E-state index in [0.717, 1.165) is 25.1 Å². The fourth-order valence-corrected chi connectivity index (χ4v) is 6.18.